The van der Waals surface area contributed by atoms with Crippen LogP contribution in [0.1, 0.15) is 22.3 Å². The van der Waals surface area contributed by atoms with Gasteiger partial charge in [0.15, 0.2) is 11.3 Å². The fourth-order valence-corrected chi connectivity index (χ4v) is 4.40. The number of ether oxygens (including phenoxy) is 1. The summed E-state index contributed by atoms with van der Waals surface area (Å²) in [6, 6.07) is 14.3. The van der Waals surface area contributed by atoms with E-state index in [0.717, 1.165) is 0 Å². The van der Waals surface area contributed by atoms with Crippen molar-refractivity contribution in [1.82, 2.24) is 4.90 Å². The van der Waals surface area contributed by atoms with Crippen LogP contribution in [0.2, 0.25) is 0 Å². The van der Waals surface area contributed by atoms with E-state index in [4.69, 9.17) is 4.74 Å². The minimum absolute atomic E-state index is 0.0453. The monoisotopic (exact) mass is 405 g/mol. The molecule has 1 atom stereocenters. The molecule has 2 aromatic rings. The number of hydrogen-bond acceptors (Lipinski definition) is 4. The Morgan fingerprint density at radius 3 is 2.43 bits per heavy atom. The number of esters is 1. The topological polar surface area (TPSA) is 63.7 Å². The molecule has 0 saturated carbocycles. The molecule has 1 aliphatic heterocycles. The van der Waals surface area contributed by atoms with Gasteiger partial charge in [-0.25, -0.2) is 9.18 Å². The Morgan fingerprint density at radius 2 is 1.80 bits per heavy atom. The number of halogens is 1. The van der Waals surface area contributed by atoms with Crippen LogP contribution in [0, 0.1) is 5.82 Å². The Hall–Kier alpha value is -3.54. The van der Waals surface area contributed by atoms with Crippen molar-refractivity contribution in [3.05, 3.63) is 94.8 Å². The van der Waals surface area contributed by atoms with Crippen LogP contribution in [0.5, 0.6) is 0 Å². The van der Waals surface area contributed by atoms with Crippen LogP contribution in [0.3, 0.4) is 0 Å². The number of nitrogens with zero attached hydrogens (tertiary/aromatic N) is 1. The third-order valence-electron chi connectivity index (χ3n) is 5.75. The normalized spacial score (nSPS) is 20.5. The quantitative estimate of drug-likeness (QED) is 0.579. The van der Waals surface area contributed by atoms with Gasteiger partial charge in [0.2, 0.25) is 0 Å². The molecule has 5 nitrogen and oxygen atoms in total. The van der Waals surface area contributed by atoms with E-state index in [1.807, 2.05) is 0 Å². The second-order valence-electron chi connectivity index (χ2n) is 7.47. The van der Waals surface area contributed by atoms with Crippen molar-refractivity contribution in [1.29, 1.82) is 0 Å². The van der Waals surface area contributed by atoms with Crippen molar-refractivity contribution in [2.75, 3.05) is 13.7 Å². The highest BCUT2D eigenvalue weighted by Gasteiger charge is 2.58. The van der Waals surface area contributed by atoms with Gasteiger partial charge in [-0.1, -0.05) is 36.9 Å². The molecule has 2 aromatic carbocycles. The molecular formula is C24H20FNO4. The lowest BCUT2D eigenvalue weighted by molar-refractivity contribution is -0.150. The van der Waals surface area contributed by atoms with Gasteiger partial charge in [-0.3, -0.25) is 9.59 Å². The highest BCUT2D eigenvalue weighted by molar-refractivity contribution is 6.11. The van der Waals surface area contributed by atoms with Crippen molar-refractivity contribution in [2.45, 2.75) is 18.4 Å². The molecule has 0 radical (unpaired) electrons. The lowest BCUT2D eigenvalue weighted by Crippen LogP contribution is -2.57. The molecule has 0 bridgehead atoms. The Kier molecular flexibility index (Phi) is 4.86. The van der Waals surface area contributed by atoms with Gasteiger partial charge >= 0.3 is 5.97 Å². The zero-order chi connectivity index (χ0) is 21.5. The van der Waals surface area contributed by atoms with Gasteiger partial charge in [-0.15, -0.1) is 0 Å². The van der Waals surface area contributed by atoms with E-state index in [-0.39, 0.29) is 36.6 Å². The molecule has 30 heavy (non-hydrogen) atoms. The second kappa shape index (κ2) is 7.37. The van der Waals surface area contributed by atoms with Crippen LogP contribution in [0.15, 0.2) is 77.9 Å². The predicted octanol–water partition coefficient (Wildman–Crippen LogP) is 3.26. The van der Waals surface area contributed by atoms with Gasteiger partial charge in [-0.2, -0.15) is 0 Å². The Bertz CT molecular complexity index is 1090. The Labute approximate surface area is 173 Å². The van der Waals surface area contributed by atoms with Crippen LogP contribution < -0.4 is 0 Å². The van der Waals surface area contributed by atoms with E-state index in [1.54, 1.807) is 42.5 Å². The molecule has 0 aromatic heterocycles. The summed E-state index contributed by atoms with van der Waals surface area (Å²) in [4.78, 5) is 40.6. The summed E-state index contributed by atoms with van der Waals surface area (Å²) in [7, 11) is 1.25. The maximum absolute atomic E-state index is 13.5. The summed E-state index contributed by atoms with van der Waals surface area (Å²) < 4.78 is 18.6. The zero-order valence-electron chi connectivity index (χ0n) is 16.5. The average Bonchev–Trinajstić information content (AvgIpc) is 3.23. The lowest BCUT2D eigenvalue weighted by atomic mass is 9.80. The van der Waals surface area contributed by atoms with E-state index < -0.39 is 17.3 Å². The number of ketones is 1. The molecular weight excluding hydrogens is 385 g/mol. The maximum atomic E-state index is 13.5. The smallest absolute Gasteiger partial charge is 0.336 e. The SMILES string of the molecule is C=C1C(=O)CC2=C1[C@](Cc1ccc(F)cc1)(C(=O)OC)N(C(=O)c1ccccc1)C2. The number of carbonyl (C=O) groups is 3. The molecule has 152 valence electrons. The van der Waals surface area contributed by atoms with E-state index in [2.05, 4.69) is 6.58 Å². The van der Waals surface area contributed by atoms with Gasteiger partial charge in [0.05, 0.1) is 7.11 Å². The number of methoxy groups -OCH3 is 1. The molecule has 0 fully saturated rings. The Morgan fingerprint density at radius 1 is 1.13 bits per heavy atom. The minimum atomic E-state index is -1.54. The van der Waals surface area contributed by atoms with Crippen molar-refractivity contribution < 1.29 is 23.5 Å². The molecule has 1 heterocycles. The third-order valence-corrected chi connectivity index (χ3v) is 5.75. The van der Waals surface area contributed by atoms with E-state index in [1.165, 1.54) is 24.1 Å². The number of hydrogen-bond donors (Lipinski definition) is 0. The van der Waals surface area contributed by atoms with Crippen LogP contribution in [-0.2, 0) is 20.7 Å². The zero-order valence-corrected chi connectivity index (χ0v) is 16.5. The van der Waals surface area contributed by atoms with Crippen LogP contribution in [0.4, 0.5) is 4.39 Å². The van der Waals surface area contributed by atoms with Gasteiger partial charge in [-0.05, 0) is 35.4 Å². The number of likely N-dealkylation sites (tertiary alicyclic amines) is 1. The summed E-state index contributed by atoms with van der Waals surface area (Å²) in [5.41, 5.74) is 0.880. The molecule has 0 saturated heterocycles. The summed E-state index contributed by atoms with van der Waals surface area (Å²) in [6.45, 7) is 4.03. The third kappa shape index (κ3) is 2.96. The molecule has 6 heteroatoms. The highest BCUT2D eigenvalue weighted by atomic mass is 19.1. The van der Waals surface area contributed by atoms with Gasteiger partial charge in [0.25, 0.3) is 5.91 Å². The molecule has 0 unspecified atom stereocenters. The maximum Gasteiger partial charge on any atom is 0.336 e. The number of Topliss-reactive ketones (excluding diaryl/α,β-unsaturated/α-hetero) is 1. The molecule has 0 N–H and O–H groups in total. The fraction of sp³-hybridized carbons (Fsp3) is 0.208. The molecule has 2 aliphatic rings. The molecule has 1 aliphatic carbocycles. The number of benzene rings is 2. The standard InChI is InChI=1S/C24H20FNO4/c1-15-20(27)12-18-14-26(22(28)17-6-4-3-5-7-17)24(21(15)18,23(29)30-2)13-16-8-10-19(25)11-9-16/h3-11H,1,12-14H2,2H3/t24-/m1/s1. The Balaban J connectivity index is 1.88. The number of amides is 1. The van der Waals surface area contributed by atoms with Crippen LogP contribution in [0.25, 0.3) is 0 Å². The molecule has 4 rings (SSSR count). The first-order valence-corrected chi connectivity index (χ1v) is 9.53. The summed E-state index contributed by atoms with van der Waals surface area (Å²) in [5, 5.41) is 0. The van der Waals surface area contributed by atoms with Crippen molar-refractivity contribution >= 4 is 17.7 Å². The second-order valence-corrected chi connectivity index (χ2v) is 7.47. The summed E-state index contributed by atoms with van der Waals surface area (Å²) in [6.07, 6.45) is 0.165. The van der Waals surface area contributed by atoms with Gasteiger partial charge in [0.1, 0.15) is 5.82 Å². The first-order valence-electron chi connectivity index (χ1n) is 9.53. The average molecular weight is 405 g/mol. The van der Waals surface area contributed by atoms with Gasteiger partial charge in [0, 0.05) is 36.1 Å². The minimum Gasteiger partial charge on any atom is -0.467 e. The highest BCUT2D eigenvalue weighted by Crippen LogP contribution is 2.47. The number of carbonyl (C=O) groups excluding carboxylic acids is 3. The van der Waals surface area contributed by atoms with E-state index >= 15 is 0 Å². The first-order chi connectivity index (χ1) is 14.4. The largest absolute Gasteiger partial charge is 0.467 e. The van der Waals surface area contributed by atoms with Gasteiger partial charge < -0.3 is 9.64 Å². The first kappa shape index (κ1) is 19.8. The molecule has 1 amide bonds. The van der Waals surface area contributed by atoms with E-state index in [9.17, 15) is 18.8 Å². The molecule has 0 spiro atoms. The van der Waals surface area contributed by atoms with E-state index in [0.29, 0.717) is 22.3 Å². The van der Waals surface area contributed by atoms with Crippen molar-refractivity contribution in [3.63, 3.8) is 0 Å². The summed E-state index contributed by atoms with van der Waals surface area (Å²) in [5.74, 6) is -1.58. The van der Waals surface area contributed by atoms with Crippen molar-refractivity contribution in [3.8, 4) is 0 Å². The summed E-state index contributed by atoms with van der Waals surface area (Å²) >= 11 is 0. The van der Waals surface area contributed by atoms with Crippen LogP contribution in [-0.4, -0.2) is 41.8 Å². The number of rotatable bonds is 4. The predicted molar refractivity (Wildman–Crippen MR) is 108 cm³/mol. The lowest BCUT2D eigenvalue weighted by Gasteiger charge is -2.39. The van der Waals surface area contributed by atoms with Crippen molar-refractivity contribution in [2.24, 2.45) is 0 Å². The van der Waals surface area contributed by atoms with Crippen LogP contribution >= 0.6 is 0 Å². The fourth-order valence-electron chi connectivity index (χ4n) is 4.40.